The Balaban J connectivity index is 2.37. The Morgan fingerprint density at radius 3 is 2.82 bits per heavy atom. The Kier molecular flexibility index (Phi) is 3.21. The van der Waals surface area contributed by atoms with E-state index in [2.05, 4.69) is 41.0 Å². The van der Waals surface area contributed by atoms with E-state index in [0.717, 1.165) is 15.7 Å². The average molecular weight is 293 g/mol. The molecule has 0 aromatic heterocycles. The van der Waals surface area contributed by atoms with Gasteiger partial charge in [-0.3, -0.25) is 0 Å². The predicted molar refractivity (Wildman–Crippen MR) is 69.6 cm³/mol. The first-order valence-electron chi connectivity index (χ1n) is 5.43. The number of nitriles is 1. The Morgan fingerprint density at radius 1 is 1.47 bits per heavy atom. The third-order valence-corrected chi connectivity index (χ3v) is 3.78. The highest BCUT2D eigenvalue weighted by molar-refractivity contribution is 9.10. The molecule has 0 saturated carbocycles. The molecule has 0 radical (unpaired) electrons. The van der Waals surface area contributed by atoms with Crippen LogP contribution >= 0.6 is 15.9 Å². The van der Waals surface area contributed by atoms with Gasteiger partial charge in [0.2, 0.25) is 0 Å². The van der Waals surface area contributed by atoms with Gasteiger partial charge in [-0.1, -0.05) is 53.1 Å². The number of oxime groups is 1. The van der Waals surface area contributed by atoms with E-state index < -0.39 is 0 Å². The van der Waals surface area contributed by atoms with Crippen LogP contribution in [0.25, 0.3) is 0 Å². The molecule has 1 aliphatic rings. The Bertz CT molecular complexity index is 502. The van der Waals surface area contributed by atoms with Crippen LogP contribution in [0.3, 0.4) is 0 Å². The molecule has 3 nitrogen and oxygen atoms in total. The summed E-state index contributed by atoms with van der Waals surface area (Å²) in [6, 6.07) is 10.1. The third kappa shape index (κ3) is 2.07. The molecular formula is C13H13BrN2O. The molecule has 4 heteroatoms. The van der Waals surface area contributed by atoms with Crippen LogP contribution in [0.15, 0.2) is 33.9 Å². The predicted octanol–water partition coefficient (Wildman–Crippen LogP) is 3.49. The van der Waals surface area contributed by atoms with Crippen molar-refractivity contribution in [2.45, 2.75) is 26.4 Å². The lowest BCUT2D eigenvalue weighted by Crippen LogP contribution is -2.33. The van der Waals surface area contributed by atoms with Crippen molar-refractivity contribution in [1.29, 1.82) is 5.26 Å². The van der Waals surface area contributed by atoms with Gasteiger partial charge in [-0.15, -0.1) is 0 Å². The first kappa shape index (κ1) is 12.1. The van der Waals surface area contributed by atoms with Crippen molar-refractivity contribution in [3.05, 3.63) is 34.3 Å². The van der Waals surface area contributed by atoms with Crippen molar-refractivity contribution in [2.75, 3.05) is 0 Å². The van der Waals surface area contributed by atoms with Crippen LogP contribution < -0.4 is 0 Å². The molecule has 0 unspecified atom stereocenters. The minimum absolute atomic E-state index is 0.172. The monoisotopic (exact) mass is 292 g/mol. The van der Waals surface area contributed by atoms with Crippen LogP contribution in [0.4, 0.5) is 0 Å². The number of halogens is 1. The highest BCUT2D eigenvalue weighted by atomic mass is 79.9. The normalized spacial score (nSPS) is 21.5. The van der Waals surface area contributed by atoms with Gasteiger partial charge in [0.25, 0.3) is 0 Å². The number of rotatable bonds is 2. The second kappa shape index (κ2) is 4.50. The van der Waals surface area contributed by atoms with Crippen LogP contribution in [-0.2, 0) is 4.84 Å². The van der Waals surface area contributed by atoms with E-state index >= 15 is 0 Å². The number of hydrogen-bond donors (Lipinski definition) is 0. The number of benzene rings is 1. The molecule has 0 fully saturated rings. The van der Waals surface area contributed by atoms with Gasteiger partial charge in [0.1, 0.15) is 0 Å². The smallest absolute Gasteiger partial charge is 0.151 e. The van der Waals surface area contributed by atoms with E-state index in [1.54, 1.807) is 0 Å². The standard InChI is InChI=1S/C13H13BrN2O/c1-13(2)11(7-8-15)17-16-12(13)9-5-3-4-6-10(9)14/h3-6,11H,7H2,1-2H3/t11-/m0/s1. The second-order valence-corrected chi connectivity index (χ2v) is 5.45. The van der Waals surface area contributed by atoms with Gasteiger partial charge < -0.3 is 4.84 Å². The molecule has 0 N–H and O–H groups in total. The topological polar surface area (TPSA) is 45.4 Å². The SMILES string of the molecule is CC1(C)C(c2ccccc2Br)=NO[C@H]1CC#N. The summed E-state index contributed by atoms with van der Waals surface area (Å²) in [7, 11) is 0. The summed E-state index contributed by atoms with van der Waals surface area (Å²) in [5.74, 6) is 0. The van der Waals surface area contributed by atoms with Gasteiger partial charge in [0.15, 0.2) is 6.10 Å². The fourth-order valence-electron chi connectivity index (χ4n) is 1.94. The second-order valence-electron chi connectivity index (χ2n) is 4.60. The molecule has 1 heterocycles. The fourth-order valence-corrected chi connectivity index (χ4v) is 2.42. The summed E-state index contributed by atoms with van der Waals surface area (Å²) in [6.07, 6.45) is 0.180. The Hall–Kier alpha value is -1.34. The lowest BCUT2D eigenvalue weighted by atomic mass is 9.78. The van der Waals surface area contributed by atoms with Crippen LogP contribution in [0, 0.1) is 16.7 Å². The van der Waals surface area contributed by atoms with E-state index in [0.29, 0.717) is 6.42 Å². The molecule has 0 bridgehead atoms. The summed E-state index contributed by atoms with van der Waals surface area (Å²) in [5.41, 5.74) is 1.67. The van der Waals surface area contributed by atoms with Gasteiger partial charge in [0, 0.05) is 10.0 Å². The van der Waals surface area contributed by atoms with Crippen molar-refractivity contribution in [3.63, 3.8) is 0 Å². The average Bonchev–Trinajstić information content (AvgIpc) is 2.57. The highest BCUT2D eigenvalue weighted by Crippen LogP contribution is 2.37. The molecule has 1 atom stereocenters. The molecule has 2 rings (SSSR count). The number of hydrogen-bond acceptors (Lipinski definition) is 3. The van der Waals surface area contributed by atoms with Gasteiger partial charge in [-0.2, -0.15) is 5.26 Å². The minimum atomic E-state index is -0.250. The van der Waals surface area contributed by atoms with E-state index in [9.17, 15) is 0 Å². The largest absolute Gasteiger partial charge is 0.390 e. The molecule has 88 valence electrons. The molecular weight excluding hydrogens is 280 g/mol. The summed E-state index contributed by atoms with van der Waals surface area (Å²) in [6.45, 7) is 4.11. The first-order valence-corrected chi connectivity index (χ1v) is 6.23. The molecule has 1 aliphatic heterocycles. The van der Waals surface area contributed by atoms with Gasteiger partial charge in [-0.25, -0.2) is 0 Å². The van der Waals surface area contributed by atoms with Crippen molar-refractivity contribution in [3.8, 4) is 6.07 Å². The maximum atomic E-state index is 8.78. The molecule has 0 spiro atoms. The van der Waals surface area contributed by atoms with E-state index in [1.807, 2.05) is 24.3 Å². The molecule has 0 saturated heterocycles. The zero-order valence-corrected chi connectivity index (χ0v) is 11.4. The molecule has 17 heavy (non-hydrogen) atoms. The van der Waals surface area contributed by atoms with Gasteiger partial charge >= 0.3 is 0 Å². The van der Waals surface area contributed by atoms with Crippen LogP contribution in [0.5, 0.6) is 0 Å². The molecule has 1 aromatic rings. The zero-order valence-electron chi connectivity index (χ0n) is 9.77. The van der Waals surface area contributed by atoms with Crippen molar-refractivity contribution >= 4 is 21.6 Å². The first-order chi connectivity index (χ1) is 8.07. The molecule has 0 amide bonds. The van der Waals surface area contributed by atoms with Crippen molar-refractivity contribution < 1.29 is 4.84 Å². The fraction of sp³-hybridized carbons (Fsp3) is 0.385. The van der Waals surface area contributed by atoms with Crippen LogP contribution in [0.1, 0.15) is 25.8 Å². The lowest BCUT2D eigenvalue weighted by Gasteiger charge is -2.24. The maximum Gasteiger partial charge on any atom is 0.151 e. The number of nitrogens with zero attached hydrogens (tertiary/aromatic N) is 2. The van der Waals surface area contributed by atoms with E-state index in [1.165, 1.54) is 0 Å². The summed E-state index contributed by atoms with van der Waals surface area (Å²) >= 11 is 3.52. The Morgan fingerprint density at radius 2 is 2.18 bits per heavy atom. The van der Waals surface area contributed by atoms with Crippen LogP contribution in [0.2, 0.25) is 0 Å². The quantitative estimate of drug-likeness (QED) is 0.837. The van der Waals surface area contributed by atoms with Crippen LogP contribution in [-0.4, -0.2) is 11.8 Å². The molecule has 1 aromatic carbocycles. The van der Waals surface area contributed by atoms with Gasteiger partial charge in [0.05, 0.1) is 23.6 Å². The molecule has 0 aliphatic carbocycles. The minimum Gasteiger partial charge on any atom is -0.390 e. The summed E-state index contributed by atoms with van der Waals surface area (Å²) in [5, 5.41) is 12.9. The zero-order chi connectivity index (χ0) is 12.5. The summed E-state index contributed by atoms with van der Waals surface area (Å²) < 4.78 is 0.994. The van der Waals surface area contributed by atoms with E-state index in [4.69, 9.17) is 10.1 Å². The van der Waals surface area contributed by atoms with Crippen molar-refractivity contribution in [1.82, 2.24) is 0 Å². The highest BCUT2D eigenvalue weighted by Gasteiger charge is 2.42. The maximum absolute atomic E-state index is 8.78. The Labute approximate surface area is 109 Å². The van der Waals surface area contributed by atoms with Crippen molar-refractivity contribution in [2.24, 2.45) is 10.6 Å². The summed E-state index contributed by atoms with van der Waals surface area (Å²) in [4.78, 5) is 5.38. The van der Waals surface area contributed by atoms with E-state index in [-0.39, 0.29) is 11.5 Å². The van der Waals surface area contributed by atoms with Gasteiger partial charge in [-0.05, 0) is 6.07 Å². The lowest BCUT2D eigenvalue weighted by molar-refractivity contribution is 0.0403. The third-order valence-electron chi connectivity index (χ3n) is 3.09.